The second kappa shape index (κ2) is 6.85. The lowest BCUT2D eigenvalue weighted by atomic mass is 9.48. The minimum absolute atomic E-state index is 0.0420. The SMILES string of the molecule is C[C@]12CC[C@H]3[C@@H](CC=C4C[C@@H](O[C@@H]5CCCCO5)CC[C@@]43C)[C@@H]1CC[C@@H]2O. The Balaban J connectivity index is 1.32. The fraction of sp³-hybridized carbons (Fsp3) is 0.917. The number of allylic oxidation sites excluding steroid dienone is 1. The number of ether oxygens (including phenoxy) is 2. The molecule has 1 heterocycles. The van der Waals surface area contributed by atoms with Crippen molar-refractivity contribution < 1.29 is 14.6 Å². The molecule has 0 aromatic heterocycles. The number of fused-ring (bicyclic) bond motifs is 5. The van der Waals surface area contributed by atoms with Crippen molar-refractivity contribution in [3.8, 4) is 0 Å². The van der Waals surface area contributed by atoms with Crippen LogP contribution in [0.3, 0.4) is 0 Å². The van der Waals surface area contributed by atoms with Crippen LogP contribution < -0.4 is 0 Å². The summed E-state index contributed by atoms with van der Waals surface area (Å²) < 4.78 is 12.2. The molecule has 4 aliphatic carbocycles. The highest BCUT2D eigenvalue weighted by Crippen LogP contribution is 2.64. The predicted molar refractivity (Wildman–Crippen MR) is 106 cm³/mol. The quantitative estimate of drug-likeness (QED) is 0.673. The Hall–Kier alpha value is -0.380. The van der Waals surface area contributed by atoms with Crippen LogP contribution in [0.5, 0.6) is 0 Å². The van der Waals surface area contributed by atoms with Gasteiger partial charge in [-0.25, -0.2) is 0 Å². The zero-order valence-electron chi connectivity index (χ0n) is 17.3. The Labute approximate surface area is 164 Å². The molecule has 5 aliphatic rings. The summed E-state index contributed by atoms with van der Waals surface area (Å²) in [5.74, 6) is 2.33. The molecule has 3 nitrogen and oxygen atoms in total. The maximum absolute atomic E-state index is 10.6. The standard InChI is InChI=1S/C24H38O3/c1-23-12-10-17(27-22-5-3-4-14-26-22)15-16(23)6-7-18-19-8-9-21(25)24(19,2)13-11-20(18)23/h6,17-22,25H,3-5,7-15H2,1-2H3/t17-,18-,19-,20-,21-,22+,23-,24-/m0/s1. The van der Waals surface area contributed by atoms with Gasteiger partial charge in [0.15, 0.2) is 6.29 Å². The van der Waals surface area contributed by atoms with E-state index in [0.29, 0.717) is 11.5 Å². The normalized spacial score (nSPS) is 52.5. The minimum atomic E-state index is -0.0683. The molecular weight excluding hydrogens is 336 g/mol. The molecule has 1 aliphatic heterocycles. The Kier molecular flexibility index (Phi) is 4.73. The molecule has 1 saturated heterocycles. The van der Waals surface area contributed by atoms with E-state index in [1.807, 2.05) is 0 Å². The third-order valence-electron chi connectivity index (χ3n) is 9.49. The molecular formula is C24H38O3. The lowest BCUT2D eigenvalue weighted by Crippen LogP contribution is -2.51. The minimum Gasteiger partial charge on any atom is -0.393 e. The molecule has 5 rings (SSSR count). The van der Waals surface area contributed by atoms with E-state index in [4.69, 9.17) is 9.47 Å². The summed E-state index contributed by atoms with van der Waals surface area (Å²) in [6.45, 7) is 5.80. The van der Waals surface area contributed by atoms with Gasteiger partial charge in [-0.3, -0.25) is 0 Å². The Bertz CT molecular complexity index is 594. The molecule has 4 fully saturated rings. The first kappa shape index (κ1) is 18.6. The fourth-order valence-electron chi connectivity index (χ4n) is 7.75. The van der Waals surface area contributed by atoms with Crippen molar-refractivity contribution in [2.45, 2.75) is 103 Å². The van der Waals surface area contributed by atoms with Crippen LogP contribution in [0.1, 0.15) is 84.5 Å². The van der Waals surface area contributed by atoms with Crippen molar-refractivity contribution in [2.75, 3.05) is 6.61 Å². The van der Waals surface area contributed by atoms with Gasteiger partial charge >= 0.3 is 0 Å². The first-order chi connectivity index (χ1) is 13.0. The molecule has 0 amide bonds. The summed E-state index contributed by atoms with van der Waals surface area (Å²) >= 11 is 0. The van der Waals surface area contributed by atoms with Crippen molar-refractivity contribution in [3.63, 3.8) is 0 Å². The average Bonchev–Trinajstić information content (AvgIpc) is 2.98. The van der Waals surface area contributed by atoms with Crippen LogP contribution in [0.25, 0.3) is 0 Å². The highest BCUT2D eigenvalue weighted by Gasteiger charge is 2.58. The van der Waals surface area contributed by atoms with Gasteiger partial charge in [0.2, 0.25) is 0 Å². The molecule has 3 saturated carbocycles. The highest BCUT2D eigenvalue weighted by molar-refractivity contribution is 5.25. The largest absolute Gasteiger partial charge is 0.393 e. The van der Waals surface area contributed by atoms with Crippen molar-refractivity contribution >= 4 is 0 Å². The Morgan fingerprint density at radius 2 is 1.93 bits per heavy atom. The summed E-state index contributed by atoms with van der Waals surface area (Å²) in [4.78, 5) is 0. The second-order valence-corrected chi connectivity index (χ2v) is 10.7. The van der Waals surface area contributed by atoms with Crippen molar-refractivity contribution in [2.24, 2.45) is 28.6 Å². The first-order valence-corrected chi connectivity index (χ1v) is 11.7. The second-order valence-electron chi connectivity index (χ2n) is 10.7. The maximum Gasteiger partial charge on any atom is 0.157 e. The van der Waals surface area contributed by atoms with E-state index in [1.54, 1.807) is 5.57 Å². The van der Waals surface area contributed by atoms with E-state index in [-0.39, 0.29) is 17.8 Å². The third-order valence-corrected chi connectivity index (χ3v) is 9.49. The van der Waals surface area contributed by atoms with Crippen molar-refractivity contribution in [3.05, 3.63) is 11.6 Å². The molecule has 8 atom stereocenters. The Morgan fingerprint density at radius 3 is 2.74 bits per heavy atom. The fourth-order valence-corrected chi connectivity index (χ4v) is 7.75. The van der Waals surface area contributed by atoms with E-state index in [9.17, 15) is 5.11 Å². The molecule has 27 heavy (non-hydrogen) atoms. The lowest BCUT2D eigenvalue weighted by molar-refractivity contribution is -0.195. The van der Waals surface area contributed by atoms with Gasteiger partial charge in [0, 0.05) is 6.61 Å². The summed E-state index contributed by atoms with van der Waals surface area (Å²) in [6, 6.07) is 0. The van der Waals surface area contributed by atoms with E-state index >= 15 is 0 Å². The van der Waals surface area contributed by atoms with Crippen LogP contribution in [-0.4, -0.2) is 30.2 Å². The summed E-state index contributed by atoms with van der Waals surface area (Å²) in [7, 11) is 0. The molecule has 0 spiro atoms. The van der Waals surface area contributed by atoms with Gasteiger partial charge in [-0.05, 0) is 99.2 Å². The molecule has 0 unspecified atom stereocenters. The zero-order valence-corrected chi connectivity index (χ0v) is 17.3. The van der Waals surface area contributed by atoms with Gasteiger partial charge in [-0.15, -0.1) is 0 Å². The lowest BCUT2D eigenvalue weighted by Gasteiger charge is -2.57. The predicted octanol–water partition coefficient (Wildman–Crippen LogP) is 5.22. The van der Waals surface area contributed by atoms with Crippen LogP contribution in [0, 0.1) is 28.6 Å². The summed E-state index contributed by atoms with van der Waals surface area (Å²) in [5.41, 5.74) is 2.23. The van der Waals surface area contributed by atoms with Gasteiger partial charge in [-0.2, -0.15) is 0 Å². The molecule has 1 N–H and O–H groups in total. The molecule has 0 aromatic rings. The van der Waals surface area contributed by atoms with Crippen LogP contribution in [0.4, 0.5) is 0 Å². The van der Waals surface area contributed by atoms with E-state index in [0.717, 1.165) is 43.6 Å². The highest BCUT2D eigenvalue weighted by atomic mass is 16.7. The topological polar surface area (TPSA) is 38.7 Å². The third kappa shape index (κ3) is 2.95. The van der Waals surface area contributed by atoms with Gasteiger partial charge in [-0.1, -0.05) is 25.5 Å². The molecule has 3 heteroatoms. The smallest absolute Gasteiger partial charge is 0.157 e. The van der Waals surface area contributed by atoms with Crippen LogP contribution >= 0.6 is 0 Å². The first-order valence-electron chi connectivity index (χ1n) is 11.7. The van der Waals surface area contributed by atoms with Gasteiger partial charge < -0.3 is 14.6 Å². The van der Waals surface area contributed by atoms with Crippen LogP contribution in [-0.2, 0) is 9.47 Å². The number of hydrogen-bond acceptors (Lipinski definition) is 3. The van der Waals surface area contributed by atoms with Crippen molar-refractivity contribution in [1.29, 1.82) is 0 Å². The number of aliphatic hydroxyl groups is 1. The van der Waals surface area contributed by atoms with E-state index < -0.39 is 0 Å². The van der Waals surface area contributed by atoms with E-state index in [2.05, 4.69) is 19.9 Å². The zero-order chi connectivity index (χ0) is 18.6. The number of rotatable bonds is 2. The monoisotopic (exact) mass is 374 g/mol. The van der Waals surface area contributed by atoms with Gasteiger partial charge in [0.1, 0.15) is 0 Å². The Morgan fingerprint density at radius 1 is 1.04 bits per heavy atom. The molecule has 0 aromatic carbocycles. The maximum atomic E-state index is 10.6. The molecule has 0 bridgehead atoms. The summed E-state index contributed by atoms with van der Waals surface area (Å²) in [6.07, 6.45) is 16.0. The van der Waals surface area contributed by atoms with Crippen molar-refractivity contribution in [1.82, 2.24) is 0 Å². The van der Waals surface area contributed by atoms with Crippen LogP contribution in [0.15, 0.2) is 11.6 Å². The number of hydrogen-bond donors (Lipinski definition) is 1. The average molecular weight is 375 g/mol. The van der Waals surface area contributed by atoms with E-state index in [1.165, 1.54) is 51.4 Å². The number of aliphatic hydroxyl groups excluding tert-OH is 1. The molecule has 152 valence electrons. The summed E-state index contributed by atoms with van der Waals surface area (Å²) in [5, 5.41) is 10.6. The molecule has 0 radical (unpaired) electrons. The van der Waals surface area contributed by atoms with Gasteiger partial charge in [0.25, 0.3) is 0 Å². The van der Waals surface area contributed by atoms with Crippen LogP contribution in [0.2, 0.25) is 0 Å². The van der Waals surface area contributed by atoms with Gasteiger partial charge in [0.05, 0.1) is 12.2 Å².